The van der Waals surface area contributed by atoms with Gasteiger partial charge in [0.1, 0.15) is 0 Å². The van der Waals surface area contributed by atoms with Crippen LogP contribution in [0.25, 0.3) is 0 Å². The molecule has 0 aliphatic rings. The number of nitrogens with two attached hydrogens (primary N) is 1. The zero-order valence-electron chi connectivity index (χ0n) is 3.66. The Balaban J connectivity index is 3.03. The molecule has 40 valence electrons. The molecule has 0 saturated carbocycles. The summed E-state index contributed by atoms with van der Waals surface area (Å²) >= 11 is 0. The molecule has 0 spiro atoms. The summed E-state index contributed by atoms with van der Waals surface area (Å²) in [6, 6.07) is 1.71. The molecular formula is C3H6N2O2. The molecule has 0 fully saturated rings. The van der Waals surface area contributed by atoms with Gasteiger partial charge in [0.05, 0.1) is 12.5 Å². The third kappa shape index (κ3) is 3.19. The van der Waals surface area contributed by atoms with Gasteiger partial charge in [-0.25, -0.2) is 4.89 Å². The molecule has 4 heteroatoms. The molecule has 1 atom stereocenters. The van der Waals surface area contributed by atoms with E-state index in [-0.39, 0.29) is 6.42 Å². The average Bonchev–Trinajstić information content (AvgIpc) is 1.68. The summed E-state index contributed by atoms with van der Waals surface area (Å²) in [4.78, 5) is 3.55. The Morgan fingerprint density at radius 1 is 2.00 bits per heavy atom. The summed E-state index contributed by atoms with van der Waals surface area (Å²) < 4.78 is 0. The van der Waals surface area contributed by atoms with Crippen LogP contribution in [0.3, 0.4) is 0 Å². The second kappa shape index (κ2) is 3.56. The van der Waals surface area contributed by atoms with Gasteiger partial charge in [-0.15, -0.1) is 0 Å². The molecule has 0 aromatic carbocycles. The van der Waals surface area contributed by atoms with Crippen LogP contribution < -0.4 is 5.73 Å². The molecule has 0 aliphatic heterocycles. The third-order valence-corrected chi connectivity index (χ3v) is 0.428. The zero-order valence-corrected chi connectivity index (χ0v) is 3.66. The first-order valence-electron chi connectivity index (χ1n) is 1.74. The van der Waals surface area contributed by atoms with E-state index in [1.165, 1.54) is 0 Å². The van der Waals surface area contributed by atoms with Gasteiger partial charge in [-0.1, -0.05) is 0 Å². The third-order valence-electron chi connectivity index (χ3n) is 0.428. The lowest BCUT2D eigenvalue weighted by Gasteiger charge is -1.97. The second-order valence-corrected chi connectivity index (χ2v) is 1.01. The minimum atomic E-state index is -0.856. The van der Waals surface area contributed by atoms with Crippen LogP contribution >= 0.6 is 0 Å². The Hall–Kier alpha value is -0.630. The minimum absolute atomic E-state index is 0.0104. The fourth-order valence-electron chi connectivity index (χ4n) is 0.127. The van der Waals surface area contributed by atoms with E-state index in [2.05, 4.69) is 4.89 Å². The van der Waals surface area contributed by atoms with E-state index >= 15 is 0 Å². The molecule has 7 heavy (non-hydrogen) atoms. The summed E-state index contributed by atoms with van der Waals surface area (Å²) in [7, 11) is 0. The minimum Gasteiger partial charge on any atom is -0.303 e. The van der Waals surface area contributed by atoms with E-state index in [1.54, 1.807) is 6.07 Å². The van der Waals surface area contributed by atoms with Gasteiger partial charge in [-0.2, -0.15) is 5.26 Å². The van der Waals surface area contributed by atoms with Gasteiger partial charge in [-0.05, 0) is 0 Å². The Labute approximate surface area is 41.0 Å². The topological polar surface area (TPSA) is 79.3 Å². The van der Waals surface area contributed by atoms with Gasteiger partial charge in [0.25, 0.3) is 0 Å². The first kappa shape index (κ1) is 6.37. The van der Waals surface area contributed by atoms with E-state index < -0.39 is 6.23 Å². The quantitative estimate of drug-likeness (QED) is 0.284. The largest absolute Gasteiger partial charge is 0.303 e. The van der Waals surface area contributed by atoms with Gasteiger partial charge < -0.3 is 5.73 Å². The van der Waals surface area contributed by atoms with E-state index in [0.29, 0.717) is 0 Å². The van der Waals surface area contributed by atoms with E-state index in [0.717, 1.165) is 0 Å². The summed E-state index contributed by atoms with van der Waals surface area (Å²) in [6.07, 6.45) is -0.846. The molecule has 0 aliphatic carbocycles. The van der Waals surface area contributed by atoms with Crippen LogP contribution in [0.15, 0.2) is 0 Å². The average molecular weight is 102 g/mol. The molecular weight excluding hydrogens is 96.0 g/mol. The highest BCUT2D eigenvalue weighted by Gasteiger charge is 1.95. The Bertz CT molecular complexity index is 77.5. The molecule has 0 aromatic rings. The van der Waals surface area contributed by atoms with Crippen LogP contribution in [-0.2, 0) is 4.89 Å². The summed E-state index contributed by atoms with van der Waals surface area (Å²) in [6.45, 7) is 0. The van der Waals surface area contributed by atoms with Crippen molar-refractivity contribution in [1.29, 1.82) is 5.26 Å². The van der Waals surface area contributed by atoms with Crippen LogP contribution in [0.2, 0.25) is 0 Å². The molecule has 3 N–H and O–H groups in total. The molecule has 4 nitrogen and oxygen atoms in total. The Morgan fingerprint density at radius 2 is 2.57 bits per heavy atom. The monoisotopic (exact) mass is 102 g/mol. The summed E-state index contributed by atoms with van der Waals surface area (Å²) in [5, 5.41) is 15.5. The van der Waals surface area contributed by atoms with Crippen LogP contribution in [-0.4, -0.2) is 11.5 Å². The number of hydrogen-bond donors (Lipinski definition) is 2. The first-order valence-corrected chi connectivity index (χ1v) is 1.74. The van der Waals surface area contributed by atoms with Crippen molar-refractivity contribution in [1.82, 2.24) is 0 Å². The van der Waals surface area contributed by atoms with E-state index in [1.807, 2.05) is 0 Å². The highest BCUT2D eigenvalue weighted by molar-refractivity contribution is 4.71. The molecule has 0 unspecified atom stereocenters. The van der Waals surface area contributed by atoms with Crippen molar-refractivity contribution in [3.05, 3.63) is 0 Å². The maximum absolute atomic E-state index is 7.85. The lowest BCUT2D eigenvalue weighted by atomic mass is 10.4. The van der Waals surface area contributed by atoms with Gasteiger partial charge in [0, 0.05) is 0 Å². The smallest absolute Gasteiger partial charge is 0.154 e. The summed E-state index contributed by atoms with van der Waals surface area (Å²) in [5.41, 5.74) is 4.89. The van der Waals surface area contributed by atoms with E-state index in [9.17, 15) is 0 Å². The molecule has 0 bridgehead atoms. The van der Waals surface area contributed by atoms with Gasteiger partial charge in [-0.3, -0.25) is 5.26 Å². The lowest BCUT2D eigenvalue weighted by molar-refractivity contribution is -0.275. The number of nitrogens with zero attached hydrogens (tertiary/aromatic N) is 1. The number of hydrogen-bond acceptors (Lipinski definition) is 4. The fraction of sp³-hybridized carbons (Fsp3) is 0.667. The van der Waals surface area contributed by atoms with Crippen molar-refractivity contribution in [3.8, 4) is 6.07 Å². The van der Waals surface area contributed by atoms with Crippen molar-refractivity contribution < 1.29 is 10.1 Å². The highest BCUT2D eigenvalue weighted by atomic mass is 17.1. The van der Waals surface area contributed by atoms with Crippen LogP contribution in [0.5, 0.6) is 0 Å². The molecule has 0 rings (SSSR count). The maximum atomic E-state index is 7.85. The van der Waals surface area contributed by atoms with E-state index in [4.69, 9.17) is 16.3 Å². The van der Waals surface area contributed by atoms with Gasteiger partial charge in [0.15, 0.2) is 6.23 Å². The standard InChI is InChI=1S/C3H6N2O2/c4-2-1-3(5)7-6/h3,6H,1,5H2/t3-/m1/s1. The van der Waals surface area contributed by atoms with Crippen molar-refractivity contribution in [3.63, 3.8) is 0 Å². The molecule has 0 heterocycles. The molecule has 0 saturated heterocycles. The van der Waals surface area contributed by atoms with Crippen LogP contribution in [0.4, 0.5) is 0 Å². The number of rotatable bonds is 2. The molecule has 0 radical (unpaired) electrons. The van der Waals surface area contributed by atoms with Gasteiger partial charge in [0.2, 0.25) is 0 Å². The van der Waals surface area contributed by atoms with Crippen LogP contribution in [0.1, 0.15) is 6.42 Å². The van der Waals surface area contributed by atoms with Crippen molar-refractivity contribution in [2.45, 2.75) is 12.6 Å². The predicted molar refractivity (Wildman–Crippen MR) is 21.9 cm³/mol. The lowest BCUT2D eigenvalue weighted by Crippen LogP contribution is -2.20. The Morgan fingerprint density at radius 3 is 2.71 bits per heavy atom. The van der Waals surface area contributed by atoms with Crippen LogP contribution in [0, 0.1) is 11.3 Å². The van der Waals surface area contributed by atoms with Crippen molar-refractivity contribution in [2.24, 2.45) is 5.73 Å². The Kier molecular flexibility index (Phi) is 3.24. The second-order valence-electron chi connectivity index (χ2n) is 1.01. The fourth-order valence-corrected chi connectivity index (χ4v) is 0.127. The normalized spacial score (nSPS) is 12.7. The SMILES string of the molecule is N#CC[C@H](N)OO. The maximum Gasteiger partial charge on any atom is 0.154 e. The first-order chi connectivity index (χ1) is 3.31. The summed E-state index contributed by atoms with van der Waals surface area (Å²) in [5.74, 6) is 0. The highest BCUT2D eigenvalue weighted by Crippen LogP contribution is 1.81. The molecule has 0 aromatic heterocycles. The van der Waals surface area contributed by atoms with Gasteiger partial charge >= 0.3 is 0 Å². The van der Waals surface area contributed by atoms with Crippen molar-refractivity contribution in [2.75, 3.05) is 0 Å². The zero-order chi connectivity index (χ0) is 5.70. The van der Waals surface area contributed by atoms with Crippen molar-refractivity contribution >= 4 is 0 Å². The number of nitriles is 1. The predicted octanol–water partition coefficient (Wildman–Crippen LogP) is -0.326. The molecule has 0 amide bonds.